The van der Waals surface area contributed by atoms with Crippen LogP contribution in [-0.4, -0.2) is 24.8 Å². The molecule has 0 spiro atoms. The van der Waals surface area contributed by atoms with Crippen molar-refractivity contribution in [2.45, 2.75) is 19.8 Å². The van der Waals surface area contributed by atoms with Crippen molar-refractivity contribution in [3.63, 3.8) is 0 Å². The van der Waals surface area contributed by atoms with E-state index in [1.54, 1.807) is 0 Å². The summed E-state index contributed by atoms with van der Waals surface area (Å²) in [4.78, 5) is 0.390. The van der Waals surface area contributed by atoms with Crippen LogP contribution in [0.2, 0.25) is 0 Å². The van der Waals surface area contributed by atoms with Crippen LogP contribution >= 0.6 is 12.2 Å². The molecule has 0 aliphatic carbocycles. The summed E-state index contributed by atoms with van der Waals surface area (Å²) < 4.78 is 11.3. The highest BCUT2D eigenvalue weighted by Gasteiger charge is 2.16. The lowest BCUT2D eigenvalue weighted by Crippen LogP contribution is -2.22. The number of nitrogens with two attached hydrogens (primary N) is 1. The van der Waals surface area contributed by atoms with E-state index < -0.39 is 0 Å². The molecule has 2 rings (SSSR count). The van der Waals surface area contributed by atoms with E-state index in [4.69, 9.17) is 27.4 Å². The molecule has 0 radical (unpaired) electrons. The van der Waals surface area contributed by atoms with E-state index in [9.17, 15) is 0 Å². The Bertz CT molecular complexity index is 428. The molecule has 1 fully saturated rings. The van der Waals surface area contributed by atoms with Crippen LogP contribution in [-0.2, 0) is 4.74 Å². The Morgan fingerprint density at radius 3 is 2.83 bits per heavy atom. The highest BCUT2D eigenvalue weighted by atomic mass is 32.1. The van der Waals surface area contributed by atoms with Crippen molar-refractivity contribution in [1.82, 2.24) is 0 Å². The molecule has 2 N–H and O–H groups in total. The van der Waals surface area contributed by atoms with Crippen LogP contribution in [0, 0.1) is 12.8 Å². The van der Waals surface area contributed by atoms with Gasteiger partial charge in [0.1, 0.15) is 10.7 Å². The van der Waals surface area contributed by atoms with E-state index in [1.165, 1.54) is 0 Å². The molecule has 1 aromatic rings. The largest absolute Gasteiger partial charge is 0.492 e. The van der Waals surface area contributed by atoms with E-state index in [2.05, 4.69) is 0 Å². The first-order chi connectivity index (χ1) is 8.68. The first-order valence-corrected chi connectivity index (χ1v) is 6.69. The molecule has 0 saturated carbocycles. The average Bonchev–Trinajstić information content (AvgIpc) is 2.38. The van der Waals surface area contributed by atoms with Crippen LogP contribution < -0.4 is 10.5 Å². The van der Waals surface area contributed by atoms with Crippen molar-refractivity contribution in [3.05, 3.63) is 29.3 Å². The van der Waals surface area contributed by atoms with Crippen molar-refractivity contribution < 1.29 is 9.47 Å². The van der Waals surface area contributed by atoms with E-state index in [0.717, 1.165) is 42.9 Å². The third-order valence-electron chi connectivity index (χ3n) is 3.28. The zero-order valence-corrected chi connectivity index (χ0v) is 11.5. The van der Waals surface area contributed by atoms with Gasteiger partial charge in [-0.05, 0) is 37.3 Å². The minimum atomic E-state index is 0.390. The summed E-state index contributed by atoms with van der Waals surface area (Å²) in [5.41, 5.74) is 7.63. The molecule has 1 aromatic carbocycles. The van der Waals surface area contributed by atoms with Crippen LogP contribution in [0.3, 0.4) is 0 Å². The van der Waals surface area contributed by atoms with E-state index in [0.29, 0.717) is 17.5 Å². The van der Waals surface area contributed by atoms with Crippen LogP contribution in [0.25, 0.3) is 0 Å². The average molecular weight is 265 g/mol. The van der Waals surface area contributed by atoms with Gasteiger partial charge in [0.25, 0.3) is 0 Å². The summed E-state index contributed by atoms with van der Waals surface area (Å²) in [6.07, 6.45) is 2.13. The summed E-state index contributed by atoms with van der Waals surface area (Å²) >= 11 is 5.06. The molecule has 1 heterocycles. The second-order valence-electron chi connectivity index (χ2n) is 4.68. The van der Waals surface area contributed by atoms with Gasteiger partial charge in [-0.25, -0.2) is 0 Å². The number of para-hydroxylation sites is 1. The van der Waals surface area contributed by atoms with E-state index in [-0.39, 0.29) is 0 Å². The maximum absolute atomic E-state index is 5.95. The number of aryl methyl sites for hydroxylation is 1. The first kappa shape index (κ1) is 13.3. The van der Waals surface area contributed by atoms with Crippen LogP contribution in [0.1, 0.15) is 24.0 Å². The lowest BCUT2D eigenvalue weighted by atomic mass is 10.0. The SMILES string of the molecule is Cc1cccc(C(N)=S)c1OCC1CCOCC1. The minimum absolute atomic E-state index is 0.390. The van der Waals surface area contributed by atoms with Crippen molar-refractivity contribution in [1.29, 1.82) is 0 Å². The molecule has 1 aliphatic rings. The predicted molar refractivity (Wildman–Crippen MR) is 76.1 cm³/mol. The Morgan fingerprint density at radius 1 is 1.44 bits per heavy atom. The summed E-state index contributed by atoms with van der Waals surface area (Å²) in [6.45, 7) is 4.40. The second kappa shape index (κ2) is 6.16. The Labute approximate surface area is 113 Å². The van der Waals surface area contributed by atoms with Crippen molar-refractivity contribution >= 4 is 17.2 Å². The van der Waals surface area contributed by atoms with Gasteiger partial charge in [0.05, 0.1) is 12.2 Å². The molecule has 1 saturated heterocycles. The minimum Gasteiger partial charge on any atom is -0.492 e. The van der Waals surface area contributed by atoms with Crippen LogP contribution in [0.5, 0.6) is 5.75 Å². The lowest BCUT2D eigenvalue weighted by Gasteiger charge is -2.23. The molecule has 0 aromatic heterocycles. The van der Waals surface area contributed by atoms with Gasteiger partial charge in [0.2, 0.25) is 0 Å². The zero-order chi connectivity index (χ0) is 13.0. The van der Waals surface area contributed by atoms with Gasteiger partial charge < -0.3 is 15.2 Å². The fourth-order valence-electron chi connectivity index (χ4n) is 2.15. The standard InChI is InChI=1S/C14H19NO2S/c1-10-3-2-4-12(14(15)18)13(10)17-9-11-5-7-16-8-6-11/h2-4,11H,5-9H2,1H3,(H2,15,18). The zero-order valence-electron chi connectivity index (χ0n) is 10.6. The number of hydrogen-bond acceptors (Lipinski definition) is 3. The van der Waals surface area contributed by atoms with Gasteiger partial charge in [-0.3, -0.25) is 0 Å². The van der Waals surface area contributed by atoms with Gasteiger partial charge in [-0.1, -0.05) is 24.4 Å². The van der Waals surface area contributed by atoms with Crippen molar-refractivity contribution in [3.8, 4) is 5.75 Å². The molecular formula is C14H19NO2S. The molecule has 0 atom stereocenters. The molecule has 4 heteroatoms. The number of ether oxygens (including phenoxy) is 2. The van der Waals surface area contributed by atoms with Crippen LogP contribution in [0.15, 0.2) is 18.2 Å². The number of thiocarbonyl (C=S) groups is 1. The smallest absolute Gasteiger partial charge is 0.132 e. The Hall–Kier alpha value is -1.13. The number of rotatable bonds is 4. The van der Waals surface area contributed by atoms with Gasteiger partial charge >= 0.3 is 0 Å². The maximum atomic E-state index is 5.95. The third-order valence-corrected chi connectivity index (χ3v) is 3.50. The fourth-order valence-corrected chi connectivity index (χ4v) is 2.31. The van der Waals surface area contributed by atoms with E-state index >= 15 is 0 Å². The summed E-state index contributed by atoms with van der Waals surface area (Å²) in [7, 11) is 0. The van der Waals surface area contributed by atoms with Gasteiger partial charge in [-0.15, -0.1) is 0 Å². The summed E-state index contributed by atoms with van der Waals surface area (Å²) in [5.74, 6) is 1.40. The Morgan fingerprint density at radius 2 is 2.17 bits per heavy atom. The Kier molecular flexibility index (Phi) is 4.55. The summed E-state index contributed by atoms with van der Waals surface area (Å²) in [5, 5.41) is 0. The van der Waals surface area contributed by atoms with Gasteiger partial charge in [0.15, 0.2) is 0 Å². The van der Waals surface area contributed by atoms with Gasteiger partial charge in [-0.2, -0.15) is 0 Å². The molecule has 3 nitrogen and oxygen atoms in total. The molecule has 0 bridgehead atoms. The fraction of sp³-hybridized carbons (Fsp3) is 0.500. The number of benzene rings is 1. The molecule has 0 amide bonds. The Balaban J connectivity index is 2.05. The first-order valence-electron chi connectivity index (χ1n) is 6.28. The molecule has 18 heavy (non-hydrogen) atoms. The molecule has 98 valence electrons. The summed E-state index contributed by atoms with van der Waals surface area (Å²) in [6, 6.07) is 5.88. The predicted octanol–water partition coefficient (Wildman–Crippen LogP) is 2.43. The quantitative estimate of drug-likeness (QED) is 0.849. The van der Waals surface area contributed by atoms with Crippen LogP contribution in [0.4, 0.5) is 0 Å². The molecule has 1 aliphatic heterocycles. The highest BCUT2D eigenvalue weighted by molar-refractivity contribution is 7.80. The second-order valence-corrected chi connectivity index (χ2v) is 5.12. The lowest BCUT2D eigenvalue weighted by molar-refractivity contribution is 0.0496. The van der Waals surface area contributed by atoms with Crippen molar-refractivity contribution in [2.24, 2.45) is 11.7 Å². The third kappa shape index (κ3) is 3.21. The van der Waals surface area contributed by atoms with Gasteiger partial charge in [0, 0.05) is 13.2 Å². The topological polar surface area (TPSA) is 44.5 Å². The monoisotopic (exact) mass is 265 g/mol. The maximum Gasteiger partial charge on any atom is 0.132 e. The van der Waals surface area contributed by atoms with E-state index in [1.807, 2.05) is 25.1 Å². The normalized spacial score (nSPS) is 16.5. The molecular weight excluding hydrogens is 246 g/mol. The highest BCUT2D eigenvalue weighted by Crippen LogP contribution is 2.25. The number of hydrogen-bond donors (Lipinski definition) is 1. The van der Waals surface area contributed by atoms with Crippen molar-refractivity contribution in [2.75, 3.05) is 19.8 Å². The molecule has 0 unspecified atom stereocenters.